The lowest BCUT2D eigenvalue weighted by atomic mass is 9.57. The Morgan fingerprint density at radius 1 is 1.16 bits per heavy atom. The van der Waals surface area contributed by atoms with Gasteiger partial charge < -0.3 is 10.5 Å². The van der Waals surface area contributed by atoms with E-state index in [0.29, 0.717) is 18.8 Å². The minimum Gasteiger partial charge on any atom is -0.496 e. The molecule has 0 saturated carbocycles. The maximum atomic E-state index is 10.3. The number of nitrogens with zero attached hydrogens (tertiary/aromatic N) is 4. The number of ether oxygens (including phenoxy) is 1. The molecule has 0 amide bonds. The minimum absolute atomic E-state index is 0.0347. The molecule has 1 aliphatic carbocycles. The highest BCUT2D eigenvalue weighted by Gasteiger charge is 2.55. The summed E-state index contributed by atoms with van der Waals surface area (Å²) in [5, 5.41) is 32.5. The fraction of sp³-hybridized carbons (Fsp3) is 0.320. The summed E-state index contributed by atoms with van der Waals surface area (Å²) in [5.74, 6) is -0.212. The normalized spacial score (nSPS) is 22.6. The van der Waals surface area contributed by atoms with E-state index < -0.39 is 11.3 Å². The highest BCUT2D eigenvalue weighted by atomic mass is 16.5. The van der Waals surface area contributed by atoms with Crippen molar-refractivity contribution in [2.45, 2.75) is 12.8 Å². The van der Waals surface area contributed by atoms with Crippen molar-refractivity contribution in [1.29, 1.82) is 15.8 Å². The lowest BCUT2D eigenvalue weighted by Gasteiger charge is -2.46. The number of benzene rings is 2. The number of allylic oxidation sites excluding steroid dienone is 2. The lowest BCUT2D eigenvalue weighted by molar-refractivity contribution is 0.213. The third-order valence-electron chi connectivity index (χ3n) is 6.65. The van der Waals surface area contributed by atoms with Crippen molar-refractivity contribution in [2.75, 3.05) is 26.7 Å². The van der Waals surface area contributed by atoms with E-state index in [-0.39, 0.29) is 17.2 Å². The number of hydrogen-bond acceptors (Lipinski definition) is 6. The van der Waals surface area contributed by atoms with Crippen LogP contribution >= 0.6 is 0 Å². The average molecular weight is 409 g/mol. The van der Waals surface area contributed by atoms with Crippen LogP contribution in [0.25, 0.3) is 10.8 Å². The van der Waals surface area contributed by atoms with Crippen LogP contribution in [0.4, 0.5) is 0 Å². The second kappa shape index (κ2) is 7.80. The summed E-state index contributed by atoms with van der Waals surface area (Å²) in [6.07, 6.45) is 2.02. The second-order valence-electron chi connectivity index (χ2n) is 7.93. The number of fused-ring (bicyclic) bond motifs is 2. The van der Waals surface area contributed by atoms with Gasteiger partial charge in [0.2, 0.25) is 0 Å². The molecule has 0 unspecified atom stereocenters. The molecule has 1 heterocycles. The number of hydrogen-bond donors (Lipinski definition) is 1. The molecule has 6 heteroatoms. The molecule has 6 nitrogen and oxygen atoms in total. The van der Waals surface area contributed by atoms with E-state index >= 15 is 0 Å². The molecule has 31 heavy (non-hydrogen) atoms. The molecule has 2 aliphatic rings. The molecule has 4 rings (SSSR count). The van der Waals surface area contributed by atoms with Crippen LogP contribution < -0.4 is 10.5 Å². The van der Waals surface area contributed by atoms with Crippen LogP contribution in [-0.4, -0.2) is 31.6 Å². The topological polar surface area (TPSA) is 110 Å². The van der Waals surface area contributed by atoms with Crippen molar-refractivity contribution < 1.29 is 4.74 Å². The maximum absolute atomic E-state index is 10.3. The van der Waals surface area contributed by atoms with Crippen molar-refractivity contribution >= 4 is 10.8 Å². The van der Waals surface area contributed by atoms with E-state index in [1.54, 1.807) is 7.11 Å². The molecular formula is C25H23N5O. The minimum atomic E-state index is -1.68. The van der Waals surface area contributed by atoms with E-state index in [0.717, 1.165) is 28.5 Å². The van der Waals surface area contributed by atoms with Gasteiger partial charge in [0.25, 0.3) is 0 Å². The van der Waals surface area contributed by atoms with Gasteiger partial charge in [-0.3, -0.25) is 4.90 Å². The number of rotatable bonds is 3. The zero-order valence-electron chi connectivity index (χ0n) is 17.6. The molecule has 0 spiro atoms. The number of nitriles is 3. The quantitative estimate of drug-likeness (QED) is 0.829. The summed E-state index contributed by atoms with van der Waals surface area (Å²) in [6.45, 7) is 4.23. The van der Waals surface area contributed by atoms with Crippen molar-refractivity contribution in [3.63, 3.8) is 0 Å². The van der Waals surface area contributed by atoms with Crippen molar-refractivity contribution in [2.24, 2.45) is 17.1 Å². The largest absolute Gasteiger partial charge is 0.496 e. The molecule has 0 bridgehead atoms. The maximum Gasteiger partial charge on any atom is 0.191 e. The second-order valence-corrected chi connectivity index (χ2v) is 7.93. The summed E-state index contributed by atoms with van der Waals surface area (Å²) >= 11 is 0. The van der Waals surface area contributed by atoms with Gasteiger partial charge in [-0.2, -0.15) is 15.8 Å². The van der Waals surface area contributed by atoms with Crippen LogP contribution in [0.3, 0.4) is 0 Å². The predicted octanol–water partition coefficient (Wildman–Crippen LogP) is 3.59. The first-order valence-electron chi connectivity index (χ1n) is 10.3. The Hall–Kier alpha value is -3.79. The van der Waals surface area contributed by atoms with Crippen LogP contribution in [0.1, 0.15) is 18.4 Å². The van der Waals surface area contributed by atoms with Crippen molar-refractivity contribution in [1.82, 2.24) is 4.90 Å². The Labute approximate surface area is 182 Å². The molecule has 2 aromatic rings. The van der Waals surface area contributed by atoms with Crippen LogP contribution in [0.5, 0.6) is 5.75 Å². The molecule has 1 aliphatic heterocycles. The van der Waals surface area contributed by atoms with Gasteiger partial charge in [-0.15, -0.1) is 0 Å². The average Bonchev–Trinajstić information content (AvgIpc) is 2.82. The first kappa shape index (κ1) is 20.5. The molecule has 2 N–H and O–H groups in total. The Morgan fingerprint density at radius 3 is 2.55 bits per heavy atom. The van der Waals surface area contributed by atoms with Gasteiger partial charge in [-0.1, -0.05) is 43.3 Å². The Balaban J connectivity index is 2.13. The highest BCUT2D eigenvalue weighted by Crippen LogP contribution is 2.57. The van der Waals surface area contributed by atoms with Gasteiger partial charge in [0.05, 0.1) is 30.5 Å². The smallest absolute Gasteiger partial charge is 0.191 e. The molecular weight excluding hydrogens is 386 g/mol. The van der Waals surface area contributed by atoms with Crippen LogP contribution in [0.15, 0.2) is 59.3 Å². The zero-order valence-corrected chi connectivity index (χ0v) is 17.6. The van der Waals surface area contributed by atoms with E-state index in [1.807, 2.05) is 42.5 Å². The van der Waals surface area contributed by atoms with Gasteiger partial charge >= 0.3 is 0 Å². The number of likely N-dealkylation sites (N-methyl/N-ethyl adjacent to an activating group) is 1. The van der Waals surface area contributed by atoms with Crippen LogP contribution in [0.2, 0.25) is 0 Å². The SMILES string of the molecule is CCN1CC=C2C(C#N)=C(N)C(C#N)(C#N)[C@H](c3c(OC)ccc4ccccc34)[C@@H]2C1. The third-order valence-corrected chi connectivity index (χ3v) is 6.65. The Morgan fingerprint density at radius 2 is 1.90 bits per heavy atom. The van der Waals surface area contributed by atoms with Crippen LogP contribution in [-0.2, 0) is 0 Å². The van der Waals surface area contributed by atoms with E-state index in [4.69, 9.17) is 10.5 Å². The van der Waals surface area contributed by atoms with E-state index in [2.05, 4.69) is 30.0 Å². The Bertz CT molecular complexity index is 1220. The predicted molar refractivity (Wildman–Crippen MR) is 117 cm³/mol. The van der Waals surface area contributed by atoms with Gasteiger partial charge in [0.1, 0.15) is 11.8 Å². The summed E-state index contributed by atoms with van der Waals surface area (Å²) < 4.78 is 5.74. The van der Waals surface area contributed by atoms with Gasteiger partial charge in [-0.05, 0) is 29.0 Å². The molecule has 154 valence electrons. The molecule has 0 radical (unpaired) electrons. The standard InChI is InChI=1S/C25H23N5O/c1-3-30-11-10-18-19(12-26)24(29)25(14-27,15-28)23(20(18)13-30)22-17-7-5-4-6-16(17)8-9-21(22)31-2/h4-10,20,23H,3,11,13,29H2,1-2H3/t20-,23+/m1/s1. The molecule has 0 aromatic heterocycles. The molecule has 0 fully saturated rings. The van der Waals surface area contributed by atoms with Crippen molar-refractivity contribution in [3.05, 3.63) is 64.9 Å². The van der Waals surface area contributed by atoms with Crippen LogP contribution in [0, 0.1) is 45.3 Å². The first-order chi connectivity index (χ1) is 15.1. The Kier molecular flexibility index (Phi) is 5.15. The summed E-state index contributed by atoms with van der Waals surface area (Å²) in [5.41, 5.74) is 6.68. The fourth-order valence-electron chi connectivity index (χ4n) is 5.08. The van der Waals surface area contributed by atoms with Gasteiger partial charge in [0, 0.05) is 30.5 Å². The molecule has 2 aromatic carbocycles. The highest BCUT2D eigenvalue weighted by molar-refractivity contribution is 5.89. The number of nitrogens with two attached hydrogens (primary N) is 1. The summed E-state index contributed by atoms with van der Waals surface area (Å²) in [6, 6.07) is 18.3. The molecule has 2 atom stereocenters. The van der Waals surface area contributed by atoms with Crippen molar-refractivity contribution in [3.8, 4) is 24.0 Å². The first-order valence-corrected chi connectivity index (χ1v) is 10.3. The number of methoxy groups -OCH3 is 1. The van der Waals surface area contributed by atoms with E-state index in [1.165, 1.54) is 0 Å². The van der Waals surface area contributed by atoms with Gasteiger partial charge in [-0.25, -0.2) is 0 Å². The monoisotopic (exact) mass is 409 g/mol. The van der Waals surface area contributed by atoms with E-state index in [9.17, 15) is 15.8 Å². The molecule has 0 saturated heterocycles. The lowest BCUT2D eigenvalue weighted by Crippen LogP contribution is -2.48. The third kappa shape index (κ3) is 2.87. The van der Waals surface area contributed by atoms with Gasteiger partial charge in [0.15, 0.2) is 5.41 Å². The fourth-order valence-corrected chi connectivity index (χ4v) is 5.08. The zero-order chi connectivity index (χ0) is 22.2. The summed E-state index contributed by atoms with van der Waals surface area (Å²) in [7, 11) is 1.59. The summed E-state index contributed by atoms with van der Waals surface area (Å²) in [4.78, 5) is 2.24.